The minimum Gasteiger partial charge on any atom is -0.369 e. The fourth-order valence-corrected chi connectivity index (χ4v) is 4.66. The lowest BCUT2D eigenvalue weighted by Crippen LogP contribution is -2.59. The molecular formula is C25H24FN5O. The van der Waals surface area contributed by atoms with Crippen LogP contribution in [0, 0.1) is 5.95 Å². The van der Waals surface area contributed by atoms with Crippen LogP contribution in [0.4, 0.5) is 4.39 Å². The van der Waals surface area contributed by atoms with Gasteiger partial charge in [-0.1, -0.05) is 24.3 Å². The van der Waals surface area contributed by atoms with Crippen molar-refractivity contribution in [2.24, 2.45) is 10.7 Å². The van der Waals surface area contributed by atoms with Gasteiger partial charge in [0.1, 0.15) is 5.41 Å². The summed E-state index contributed by atoms with van der Waals surface area (Å²) in [5, 5.41) is 0. The van der Waals surface area contributed by atoms with E-state index >= 15 is 0 Å². The molecule has 1 aliphatic carbocycles. The van der Waals surface area contributed by atoms with Crippen LogP contribution in [0.15, 0.2) is 65.9 Å². The zero-order valence-electron chi connectivity index (χ0n) is 18.0. The Kier molecular flexibility index (Phi) is 4.77. The smallest absolute Gasteiger partial charge is 0.246 e. The van der Waals surface area contributed by atoms with Crippen LogP contribution in [0.1, 0.15) is 42.4 Å². The third-order valence-electron chi connectivity index (χ3n) is 6.60. The van der Waals surface area contributed by atoms with Gasteiger partial charge in [-0.15, -0.1) is 0 Å². The third-order valence-corrected chi connectivity index (χ3v) is 6.60. The van der Waals surface area contributed by atoms with E-state index in [1.54, 1.807) is 37.5 Å². The van der Waals surface area contributed by atoms with Crippen molar-refractivity contribution in [2.45, 2.75) is 37.1 Å². The number of carbonyl (C=O) groups excluding carboxylic acids is 1. The number of pyridine rings is 2. The second-order valence-electron chi connectivity index (χ2n) is 8.50. The van der Waals surface area contributed by atoms with Gasteiger partial charge in [0.15, 0.2) is 5.96 Å². The number of guanidine groups is 1. The average Bonchev–Trinajstić information content (AvgIpc) is 3.65. The van der Waals surface area contributed by atoms with Crippen molar-refractivity contribution >= 4 is 11.9 Å². The van der Waals surface area contributed by atoms with E-state index in [9.17, 15) is 9.18 Å². The van der Waals surface area contributed by atoms with Crippen LogP contribution < -0.4 is 5.73 Å². The van der Waals surface area contributed by atoms with Crippen LogP contribution in [0.3, 0.4) is 0 Å². The maximum Gasteiger partial charge on any atom is 0.246 e. The minimum atomic E-state index is -1.12. The molecule has 0 saturated heterocycles. The lowest BCUT2D eigenvalue weighted by Gasteiger charge is -2.43. The molecule has 2 aromatic heterocycles. The number of halogens is 1. The first-order chi connectivity index (χ1) is 15.4. The summed E-state index contributed by atoms with van der Waals surface area (Å²) in [6.45, 7) is 1.89. The van der Waals surface area contributed by atoms with Crippen LogP contribution in [-0.2, 0) is 10.2 Å². The Bertz CT molecular complexity index is 1220. The molecular weight excluding hydrogens is 405 g/mol. The lowest BCUT2D eigenvalue weighted by atomic mass is 9.67. The highest BCUT2D eigenvalue weighted by molar-refractivity contribution is 6.06. The van der Waals surface area contributed by atoms with Crippen LogP contribution >= 0.6 is 0 Å². The number of hydrogen-bond donors (Lipinski definition) is 1. The number of carbonyl (C=O) groups is 1. The quantitative estimate of drug-likeness (QED) is 0.642. The van der Waals surface area contributed by atoms with Crippen molar-refractivity contribution in [3.63, 3.8) is 0 Å². The van der Waals surface area contributed by atoms with Crippen LogP contribution in [0.2, 0.25) is 0 Å². The molecule has 1 aromatic carbocycles. The summed E-state index contributed by atoms with van der Waals surface area (Å²) in [6, 6.07) is 14.6. The highest BCUT2D eigenvalue weighted by Crippen LogP contribution is 2.44. The van der Waals surface area contributed by atoms with Crippen LogP contribution in [-0.4, -0.2) is 39.8 Å². The Labute approximate surface area is 186 Å². The molecule has 1 aliphatic heterocycles. The topological polar surface area (TPSA) is 84.5 Å². The van der Waals surface area contributed by atoms with Gasteiger partial charge in [0, 0.05) is 19.4 Å². The number of aliphatic imine (C=N–C) groups is 1. The number of hydrogen-bond acceptors (Lipinski definition) is 5. The fraction of sp³-hybridized carbons (Fsp3) is 0.280. The molecule has 1 amide bonds. The summed E-state index contributed by atoms with van der Waals surface area (Å²) < 4.78 is 14.4. The molecule has 1 fully saturated rings. The van der Waals surface area contributed by atoms with E-state index in [-0.39, 0.29) is 17.4 Å². The molecule has 3 heterocycles. The van der Waals surface area contributed by atoms with Crippen molar-refractivity contribution in [3.8, 4) is 11.3 Å². The van der Waals surface area contributed by atoms with Crippen LogP contribution in [0.25, 0.3) is 11.3 Å². The summed E-state index contributed by atoms with van der Waals surface area (Å²) in [4.78, 5) is 28.0. The SMILES string of the molecule is C[C@@H]1N=C(N)N(C)C(=O)[C@]1(c1ccc(C2CC2)cc1)c1ccnc(-c2cccnc2F)c1. The van der Waals surface area contributed by atoms with E-state index in [1.165, 1.54) is 29.5 Å². The zero-order valence-corrected chi connectivity index (χ0v) is 18.0. The summed E-state index contributed by atoms with van der Waals surface area (Å²) in [7, 11) is 1.63. The maximum atomic E-state index is 14.4. The predicted octanol–water partition coefficient (Wildman–Crippen LogP) is 3.62. The van der Waals surface area contributed by atoms with Gasteiger partial charge >= 0.3 is 0 Å². The summed E-state index contributed by atoms with van der Waals surface area (Å²) in [6.07, 6.45) is 5.39. The highest BCUT2D eigenvalue weighted by atomic mass is 19.1. The van der Waals surface area contributed by atoms with Gasteiger partial charge in [0.05, 0.1) is 17.3 Å². The number of benzene rings is 1. The van der Waals surface area contributed by atoms with Gasteiger partial charge in [-0.25, -0.2) is 9.98 Å². The Hall–Kier alpha value is -3.61. The van der Waals surface area contributed by atoms with Gasteiger partial charge in [-0.3, -0.25) is 14.7 Å². The van der Waals surface area contributed by atoms with Gasteiger partial charge in [-0.2, -0.15) is 4.39 Å². The van der Waals surface area contributed by atoms with E-state index in [0.717, 1.165) is 5.56 Å². The molecule has 2 aliphatic rings. The molecule has 7 heteroatoms. The van der Waals surface area contributed by atoms with E-state index < -0.39 is 17.4 Å². The largest absolute Gasteiger partial charge is 0.369 e. The fourth-order valence-electron chi connectivity index (χ4n) is 4.66. The zero-order chi connectivity index (χ0) is 22.5. The molecule has 0 bridgehead atoms. The minimum absolute atomic E-state index is 0.180. The molecule has 1 saturated carbocycles. The molecule has 3 aromatic rings. The van der Waals surface area contributed by atoms with Crippen molar-refractivity contribution in [3.05, 3.63) is 83.6 Å². The van der Waals surface area contributed by atoms with Gasteiger partial charge in [0.25, 0.3) is 0 Å². The predicted molar refractivity (Wildman–Crippen MR) is 120 cm³/mol. The number of nitrogens with zero attached hydrogens (tertiary/aromatic N) is 4. The Morgan fingerprint density at radius 1 is 1.06 bits per heavy atom. The Morgan fingerprint density at radius 3 is 2.50 bits per heavy atom. The number of nitrogens with two attached hydrogens (primary N) is 1. The molecule has 2 N–H and O–H groups in total. The molecule has 162 valence electrons. The van der Waals surface area contributed by atoms with Gasteiger partial charge in [-0.05, 0) is 66.6 Å². The maximum absolute atomic E-state index is 14.4. The first kappa shape index (κ1) is 20.3. The number of aromatic nitrogens is 2. The number of likely N-dealkylation sites (N-methyl/N-ethyl adjacent to an activating group) is 1. The molecule has 0 radical (unpaired) electrons. The van der Waals surface area contributed by atoms with Crippen molar-refractivity contribution in [2.75, 3.05) is 7.05 Å². The molecule has 6 nitrogen and oxygen atoms in total. The van der Waals surface area contributed by atoms with Crippen molar-refractivity contribution in [1.82, 2.24) is 14.9 Å². The highest BCUT2D eigenvalue weighted by Gasteiger charge is 2.52. The monoisotopic (exact) mass is 429 g/mol. The molecule has 0 unspecified atom stereocenters. The summed E-state index contributed by atoms with van der Waals surface area (Å²) in [5.74, 6) is 0.0000758. The first-order valence-corrected chi connectivity index (χ1v) is 10.7. The summed E-state index contributed by atoms with van der Waals surface area (Å²) in [5.41, 5.74) is 8.40. The molecule has 5 rings (SSSR count). The van der Waals surface area contributed by atoms with Crippen molar-refractivity contribution in [1.29, 1.82) is 0 Å². The van der Waals surface area contributed by atoms with E-state index in [2.05, 4.69) is 27.1 Å². The second kappa shape index (κ2) is 7.51. The molecule has 0 spiro atoms. The Balaban J connectivity index is 1.72. The normalized spacial score (nSPS) is 23.2. The summed E-state index contributed by atoms with van der Waals surface area (Å²) >= 11 is 0. The molecule has 32 heavy (non-hydrogen) atoms. The van der Waals surface area contributed by atoms with Gasteiger partial charge in [0.2, 0.25) is 11.9 Å². The Morgan fingerprint density at radius 2 is 1.81 bits per heavy atom. The number of amides is 1. The van der Waals surface area contributed by atoms with Gasteiger partial charge < -0.3 is 5.73 Å². The van der Waals surface area contributed by atoms with Crippen molar-refractivity contribution < 1.29 is 9.18 Å². The lowest BCUT2D eigenvalue weighted by molar-refractivity contribution is -0.132. The average molecular weight is 429 g/mol. The van der Waals surface area contributed by atoms with E-state index in [1.807, 2.05) is 19.1 Å². The molecule has 2 atom stereocenters. The second-order valence-corrected chi connectivity index (χ2v) is 8.50. The van der Waals surface area contributed by atoms with E-state index in [4.69, 9.17) is 5.73 Å². The van der Waals surface area contributed by atoms with Crippen LogP contribution in [0.5, 0.6) is 0 Å². The first-order valence-electron chi connectivity index (χ1n) is 10.7. The standard InChI is InChI=1S/C25H24FN5O/c1-15-25(23(32)31(2)24(27)30-15,18-9-7-17(8-10-18)16-5-6-16)19-11-13-28-21(14-19)20-4-3-12-29-22(20)26/h3-4,7-16H,5-6H2,1-2H3,(H2,27,30)/t15-,25+/m0/s1. The van der Waals surface area contributed by atoms with E-state index in [0.29, 0.717) is 17.2 Å². The number of rotatable bonds is 4. The third kappa shape index (κ3) is 3.07.